The second-order valence-corrected chi connectivity index (χ2v) is 6.75. The van der Waals surface area contributed by atoms with Gasteiger partial charge in [-0.1, -0.05) is 4.68 Å². The number of H-pyrrole nitrogens is 1. The minimum absolute atomic E-state index is 0.219. The van der Waals surface area contributed by atoms with Crippen LogP contribution in [-0.2, 0) is 6.54 Å². The standard InChI is InChI=1S/C14H21N3O2/c1-15-7-12-14(18)19-16-17(12)13-10-3-8-2-9(5-10)6-11(13)4-8/h8-11,13,15H,2-7H2,1H3/p+1. The first-order valence-electron chi connectivity index (χ1n) is 7.52. The maximum absolute atomic E-state index is 11.8. The first-order valence-corrected chi connectivity index (χ1v) is 7.52. The van der Waals surface area contributed by atoms with Gasteiger partial charge in [-0.2, -0.15) is 0 Å². The van der Waals surface area contributed by atoms with E-state index < -0.39 is 0 Å². The van der Waals surface area contributed by atoms with E-state index >= 15 is 0 Å². The summed E-state index contributed by atoms with van der Waals surface area (Å²) in [6.45, 7) is 0.578. The third kappa shape index (κ3) is 1.71. The third-order valence-electron chi connectivity index (χ3n) is 5.58. The number of hydrogen-bond acceptors (Lipinski definition) is 3. The molecule has 0 unspecified atom stereocenters. The van der Waals surface area contributed by atoms with Crippen molar-refractivity contribution in [3.8, 4) is 0 Å². The number of nitrogens with zero attached hydrogens (tertiary/aromatic N) is 1. The minimum atomic E-state index is -0.219. The van der Waals surface area contributed by atoms with Crippen LogP contribution in [0.2, 0.25) is 0 Å². The molecule has 0 radical (unpaired) electrons. The first-order chi connectivity index (χ1) is 9.26. The summed E-state index contributed by atoms with van der Waals surface area (Å²) in [6, 6.07) is 0.461. The molecule has 0 saturated heterocycles. The maximum Gasteiger partial charge on any atom is 0.431 e. The lowest BCUT2D eigenvalue weighted by Gasteiger charge is -2.50. The molecule has 1 aromatic rings. The molecule has 4 aliphatic rings. The fourth-order valence-corrected chi connectivity index (χ4v) is 5.19. The molecule has 19 heavy (non-hydrogen) atoms. The summed E-state index contributed by atoms with van der Waals surface area (Å²) < 4.78 is 7.09. The van der Waals surface area contributed by atoms with E-state index in [0.717, 1.165) is 29.4 Å². The van der Waals surface area contributed by atoms with E-state index in [1.165, 1.54) is 32.1 Å². The van der Waals surface area contributed by atoms with Crippen molar-refractivity contribution in [3.05, 3.63) is 16.1 Å². The first kappa shape index (κ1) is 11.7. The normalized spacial score (nSPS) is 39.9. The van der Waals surface area contributed by atoms with Gasteiger partial charge in [-0.3, -0.25) is 4.52 Å². The Labute approximate surface area is 112 Å². The topological polar surface area (TPSA) is 61.9 Å². The van der Waals surface area contributed by atoms with E-state index in [9.17, 15) is 4.79 Å². The van der Waals surface area contributed by atoms with Crippen molar-refractivity contribution in [1.82, 2.24) is 10.6 Å². The van der Waals surface area contributed by atoms with Gasteiger partial charge >= 0.3 is 11.3 Å². The van der Waals surface area contributed by atoms with Gasteiger partial charge in [-0.05, 0) is 56.3 Å². The van der Waals surface area contributed by atoms with Crippen molar-refractivity contribution in [3.63, 3.8) is 0 Å². The Balaban J connectivity index is 1.71. The molecule has 0 aliphatic heterocycles. The van der Waals surface area contributed by atoms with Crippen molar-refractivity contribution in [1.29, 1.82) is 0 Å². The van der Waals surface area contributed by atoms with Crippen LogP contribution in [0.3, 0.4) is 0 Å². The molecular formula is C14H22N3O2+. The molecule has 5 rings (SSSR count). The zero-order valence-electron chi connectivity index (χ0n) is 11.4. The Morgan fingerprint density at radius 2 is 1.84 bits per heavy atom. The van der Waals surface area contributed by atoms with Gasteiger partial charge in [0.05, 0.1) is 6.54 Å². The Morgan fingerprint density at radius 1 is 1.21 bits per heavy atom. The van der Waals surface area contributed by atoms with Crippen LogP contribution in [0.5, 0.6) is 0 Å². The quantitative estimate of drug-likeness (QED) is 0.800. The summed E-state index contributed by atoms with van der Waals surface area (Å²) in [5.74, 6) is 3.38. The Hall–Kier alpha value is -1.10. The fraction of sp³-hybridized carbons (Fsp3) is 0.857. The molecule has 1 heterocycles. The average molecular weight is 264 g/mol. The summed E-state index contributed by atoms with van der Waals surface area (Å²) in [4.78, 5) is 11.8. The van der Waals surface area contributed by atoms with E-state index in [2.05, 4.69) is 10.6 Å². The van der Waals surface area contributed by atoms with Gasteiger partial charge in [-0.15, -0.1) is 0 Å². The molecule has 4 fully saturated rings. The lowest BCUT2D eigenvalue weighted by atomic mass is 9.54. The van der Waals surface area contributed by atoms with Gasteiger partial charge in [0.15, 0.2) is 6.04 Å². The highest BCUT2D eigenvalue weighted by Gasteiger charge is 2.54. The summed E-state index contributed by atoms with van der Waals surface area (Å²) in [5, 5.41) is 5.95. The predicted molar refractivity (Wildman–Crippen MR) is 68.4 cm³/mol. The van der Waals surface area contributed by atoms with Crippen LogP contribution in [0, 0.1) is 23.7 Å². The van der Waals surface area contributed by atoms with Gasteiger partial charge in [0.2, 0.25) is 0 Å². The van der Waals surface area contributed by atoms with Crippen molar-refractivity contribution in [2.75, 3.05) is 7.05 Å². The van der Waals surface area contributed by atoms with Gasteiger partial charge in [0.25, 0.3) is 0 Å². The van der Waals surface area contributed by atoms with Gasteiger partial charge in [0, 0.05) is 11.8 Å². The molecule has 1 aromatic heterocycles. The largest absolute Gasteiger partial charge is 0.431 e. The summed E-state index contributed by atoms with van der Waals surface area (Å²) >= 11 is 0. The number of aromatic nitrogens is 2. The van der Waals surface area contributed by atoms with Crippen LogP contribution in [0.4, 0.5) is 0 Å². The molecule has 5 heteroatoms. The molecule has 2 N–H and O–H groups in total. The molecular weight excluding hydrogens is 242 g/mol. The fourth-order valence-electron chi connectivity index (χ4n) is 5.19. The Bertz CT molecular complexity index is 505. The van der Waals surface area contributed by atoms with E-state index in [0.29, 0.717) is 12.6 Å². The molecule has 104 valence electrons. The highest BCUT2D eigenvalue weighted by atomic mass is 16.5. The second kappa shape index (κ2) is 4.20. The van der Waals surface area contributed by atoms with Gasteiger partial charge < -0.3 is 5.32 Å². The Morgan fingerprint density at radius 3 is 2.42 bits per heavy atom. The van der Waals surface area contributed by atoms with Crippen LogP contribution in [0.1, 0.15) is 43.8 Å². The van der Waals surface area contributed by atoms with Crippen LogP contribution >= 0.6 is 0 Å². The van der Waals surface area contributed by atoms with Crippen molar-refractivity contribution >= 4 is 0 Å². The number of nitrogens with one attached hydrogen (secondary N) is 2. The molecule has 0 atom stereocenters. The number of rotatable bonds is 3. The molecule has 0 spiro atoms. The molecule has 4 aliphatic carbocycles. The second-order valence-electron chi connectivity index (χ2n) is 6.75. The smallest absolute Gasteiger partial charge is 0.310 e. The molecule has 0 aromatic carbocycles. The van der Waals surface area contributed by atoms with E-state index in [1.807, 2.05) is 11.7 Å². The van der Waals surface area contributed by atoms with Crippen LogP contribution in [-0.4, -0.2) is 12.3 Å². The van der Waals surface area contributed by atoms with Crippen molar-refractivity contribution < 1.29 is 9.20 Å². The number of aromatic amines is 1. The molecule has 5 nitrogen and oxygen atoms in total. The lowest BCUT2D eigenvalue weighted by molar-refractivity contribution is -0.807. The van der Waals surface area contributed by atoms with E-state index in [1.54, 1.807) is 0 Å². The van der Waals surface area contributed by atoms with Gasteiger partial charge in [-0.25, -0.2) is 4.79 Å². The van der Waals surface area contributed by atoms with Crippen molar-refractivity contribution in [2.24, 2.45) is 23.7 Å². The molecule has 0 amide bonds. The summed E-state index contributed by atoms with van der Waals surface area (Å²) in [5.41, 5.74) is 0.531. The average Bonchev–Trinajstić information content (AvgIpc) is 2.71. The predicted octanol–water partition coefficient (Wildman–Crippen LogP) is 0.972. The van der Waals surface area contributed by atoms with Gasteiger partial charge in [0.1, 0.15) is 0 Å². The van der Waals surface area contributed by atoms with Crippen LogP contribution < -0.4 is 15.6 Å². The summed E-state index contributed by atoms with van der Waals surface area (Å²) in [6.07, 6.45) is 6.83. The molecule has 4 bridgehead atoms. The minimum Gasteiger partial charge on any atom is -0.310 e. The SMILES string of the molecule is CNCc1c(=O)o[nH][n+]1C1C2CC3CC(C2)CC1C3. The third-order valence-corrected chi connectivity index (χ3v) is 5.58. The highest BCUT2D eigenvalue weighted by molar-refractivity contribution is 4.97. The van der Waals surface area contributed by atoms with Crippen LogP contribution in [0.15, 0.2) is 9.32 Å². The number of hydrogen-bond donors (Lipinski definition) is 2. The van der Waals surface area contributed by atoms with E-state index in [4.69, 9.17) is 4.52 Å². The highest BCUT2D eigenvalue weighted by Crippen LogP contribution is 2.56. The Kier molecular flexibility index (Phi) is 2.59. The monoisotopic (exact) mass is 264 g/mol. The van der Waals surface area contributed by atoms with Crippen LogP contribution in [0.25, 0.3) is 0 Å². The van der Waals surface area contributed by atoms with Crippen molar-refractivity contribution in [2.45, 2.75) is 44.7 Å². The zero-order valence-corrected chi connectivity index (χ0v) is 11.4. The van der Waals surface area contributed by atoms with E-state index in [-0.39, 0.29) is 5.63 Å². The summed E-state index contributed by atoms with van der Waals surface area (Å²) in [7, 11) is 1.87. The zero-order chi connectivity index (χ0) is 13.0. The maximum atomic E-state index is 11.8. The molecule has 4 saturated carbocycles. The lowest BCUT2D eigenvalue weighted by Crippen LogP contribution is -2.59.